The Morgan fingerprint density at radius 1 is 1.15 bits per heavy atom. The Kier molecular flexibility index (Phi) is 8.57. The van der Waals surface area contributed by atoms with Gasteiger partial charge in [-0.15, -0.1) is 0 Å². The van der Waals surface area contributed by atoms with Crippen LogP contribution < -0.4 is 26.8 Å². The topological polar surface area (TPSA) is 122 Å². The SMILES string of the molecule is CNNC(=O)C1CC(NC(=O)N2CC3NC(NC4CCOCC4)=NC=C3C2(C)C)CN(Cc2ccccc2F)C1. The summed E-state index contributed by atoms with van der Waals surface area (Å²) in [4.78, 5) is 34.9. The highest BCUT2D eigenvalue weighted by atomic mass is 19.1. The number of hydrazine groups is 1. The molecule has 4 heterocycles. The number of rotatable bonds is 6. The molecule has 0 spiro atoms. The molecule has 0 radical (unpaired) electrons. The first kappa shape index (κ1) is 28.3. The lowest BCUT2D eigenvalue weighted by Crippen LogP contribution is -2.58. The highest BCUT2D eigenvalue weighted by molar-refractivity contribution is 5.84. The fourth-order valence-electron chi connectivity index (χ4n) is 6.21. The number of piperidine rings is 1. The quantitative estimate of drug-likeness (QED) is 0.332. The van der Waals surface area contributed by atoms with Crippen molar-refractivity contribution in [1.82, 2.24) is 36.6 Å². The van der Waals surface area contributed by atoms with Gasteiger partial charge < -0.3 is 25.6 Å². The van der Waals surface area contributed by atoms with Gasteiger partial charge in [-0.1, -0.05) is 18.2 Å². The van der Waals surface area contributed by atoms with Crippen molar-refractivity contribution in [2.75, 3.05) is 39.9 Å². The van der Waals surface area contributed by atoms with Gasteiger partial charge in [-0.3, -0.25) is 15.1 Å². The lowest BCUT2D eigenvalue weighted by molar-refractivity contribution is -0.128. The van der Waals surface area contributed by atoms with Gasteiger partial charge in [0.05, 0.1) is 17.5 Å². The van der Waals surface area contributed by atoms with E-state index in [0.29, 0.717) is 44.2 Å². The number of aliphatic imine (C=N–C) groups is 1. The number of amides is 3. The molecule has 3 atom stereocenters. The summed E-state index contributed by atoms with van der Waals surface area (Å²) in [5.74, 6) is -0.0549. The average Bonchev–Trinajstić information content (AvgIpc) is 3.20. The van der Waals surface area contributed by atoms with Gasteiger partial charge >= 0.3 is 6.03 Å². The van der Waals surface area contributed by atoms with Crippen molar-refractivity contribution in [1.29, 1.82) is 0 Å². The van der Waals surface area contributed by atoms with E-state index in [0.717, 1.165) is 37.6 Å². The minimum atomic E-state index is -0.542. The molecule has 11 nitrogen and oxygen atoms in total. The number of urea groups is 1. The van der Waals surface area contributed by atoms with E-state index in [1.807, 2.05) is 29.8 Å². The minimum Gasteiger partial charge on any atom is -0.381 e. The molecule has 0 bridgehead atoms. The van der Waals surface area contributed by atoms with Crippen LogP contribution in [-0.2, 0) is 16.1 Å². The average molecular weight is 557 g/mol. The number of halogens is 1. The molecule has 218 valence electrons. The minimum absolute atomic E-state index is 0.0429. The molecule has 5 N–H and O–H groups in total. The second-order valence-electron chi connectivity index (χ2n) is 11.6. The van der Waals surface area contributed by atoms with E-state index in [1.165, 1.54) is 6.07 Å². The van der Waals surface area contributed by atoms with Gasteiger partial charge in [0.2, 0.25) is 5.91 Å². The van der Waals surface area contributed by atoms with Crippen molar-refractivity contribution in [2.24, 2.45) is 10.9 Å². The summed E-state index contributed by atoms with van der Waals surface area (Å²) in [7, 11) is 1.64. The van der Waals surface area contributed by atoms with Crippen LogP contribution in [0.4, 0.5) is 9.18 Å². The zero-order chi connectivity index (χ0) is 28.3. The lowest BCUT2D eigenvalue weighted by Gasteiger charge is -2.39. The standard InChI is InChI=1S/C28H41FN8O3/c1-28(2)22-13-31-26(32-20-8-10-40-11-9-20)34-24(22)17-37(28)27(39)33-21-12-19(25(38)35-30-3)15-36(16-21)14-18-6-4-5-7-23(18)29/h4-7,13,19-21,24,30H,8-12,14-17H2,1-3H3,(H,33,39)(H,35,38)(H2,31,32,34). The van der Waals surface area contributed by atoms with Crippen LogP contribution in [0.1, 0.15) is 38.7 Å². The fraction of sp³-hybridized carbons (Fsp3) is 0.607. The largest absolute Gasteiger partial charge is 0.381 e. The summed E-state index contributed by atoms with van der Waals surface area (Å²) in [5.41, 5.74) is 6.44. The van der Waals surface area contributed by atoms with Crippen molar-refractivity contribution in [3.8, 4) is 0 Å². The molecule has 0 saturated carbocycles. The number of carbonyl (C=O) groups excluding carboxylic acids is 2. The number of nitrogens with zero attached hydrogens (tertiary/aromatic N) is 3. The van der Waals surface area contributed by atoms with E-state index in [9.17, 15) is 14.0 Å². The molecule has 0 aliphatic carbocycles. The summed E-state index contributed by atoms with van der Waals surface area (Å²) in [6.45, 7) is 7.39. The van der Waals surface area contributed by atoms with E-state index in [-0.39, 0.29) is 35.8 Å². The van der Waals surface area contributed by atoms with Crippen molar-refractivity contribution < 1.29 is 18.7 Å². The van der Waals surface area contributed by atoms with Gasteiger partial charge in [0.1, 0.15) is 5.82 Å². The highest BCUT2D eigenvalue weighted by Crippen LogP contribution is 2.36. The Balaban J connectivity index is 1.24. The Labute approximate surface area is 234 Å². The number of nitrogens with one attached hydrogen (secondary N) is 5. The Hall–Kier alpha value is -3.22. The van der Waals surface area contributed by atoms with Crippen molar-refractivity contribution in [2.45, 2.75) is 63.3 Å². The Bertz CT molecular complexity index is 1150. The zero-order valence-corrected chi connectivity index (χ0v) is 23.5. The van der Waals surface area contributed by atoms with Crippen LogP contribution in [0, 0.1) is 11.7 Å². The molecule has 4 aliphatic heterocycles. The van der Waals surface area contributed by atoms with E-state index >= 15 is 0 Å². The molecule has 1 aromatic carbocycles. The van der Waals surface area contributed by atoms with Gasteiger partial charge in [-0.2, -0.15) is 0 Å². The Morgan fingerprint density at radius 2 is 1.93 bits per heavy atom. The third kappa shape index (κ3) is 6.24. The smallest absolute Gasteiger partial charge is 0.318 e. The summed E-state index contributed by atoms with van der Waals surface area (Å²) >= 11 is 0. The Morgan fingerprint density at radius 3 is 2.67 bits per heavy atom. The molecular weight excluding hydrogens is 515 g/mol. The van der Waals surface area contributed by atoms with Gasteiger partial charge in [0, 0.05) is 70.3 Å². The molecule has 4 aliphatic rings. The number of hydrogen-bond donors (Lipinski definition) is 5. The number of ether oxygens (including phenoxy) is 1. The van der Waals surface area contributed by atoms with Crippen LogP contribution in [0.25, 0.3) is 0 Å². The van der Waals surface area contributed by atoms with Gasteiger partial charge in [-0.05, 0) is 44.7 Å². The molecular formula is C28H41FN8O3. The maximum atomic E-state index is 14.4. The molecule has 5 rings (SSSR count). The maximum Gasteiger partial charge on any atom is 0.318 e. The molecule has 1 aromatic rings. The molecule has 3 saturated heterocycles. The van der Waals surface area contributed by atoms with Crippen molar-refractivity contribution in [3.05, 3.63) is 47.4 Å². The summed E-state index contributed by atoms with van der Waals surface area (Å²) in [6, 6.07) is 6.47. The number of hydrogen-bond acceptors (Lipinski definition) is 8. The zero-order valence-electron chi connectivity index (χ0n) is 23.5. The number of fused-ring (bicyclic) bond motifs is 1. The number of likely N-dealkylation sites (tertiary alicyclic amines) is 2. The van der Waals surface area contributed by atoms with E-state index in [1.54, 1.807) is 25.2 Å². The van der Waals surface area contributed by atoms with Crippen LogP contribution in [-0.4, -0.2) is 91.3 Å². The molecule has 3 amide bonds. The van der Waals surface area contributed by atoms with Gasteiger partial charge in [-0.25, -0.2) is 19.6 Å². The predicted molar refractivity (Wildman–Crippen MR) is 150 cm³/mol. The summed E-state index contributed by atoms with van der Waals surface area (Å²) in [5, 5.41) is 10.2. The van der Waals surface area contributed by atoms with E-state index in [4.69, 9.17) is 4.74 Å². The summed E-state index contributed by atoms with van der Waals surface area (Å²) < 4.78 is 19.9. The van der Waals surface area contributed by atoms with Crippen LogP contribution in [0.2, 0.25) is 0 Å². The number of guanidine groups is 1. The third-order valence-electron chi connectivity index (χ3n) is 8.40. The van der Waals surface area contributed by atoms with Crippen LogP contribution in [0.3, 0.4) is 0 Å². The third-order valence-corrected chi connectivity index (χ3v) is 8.40. The fourth-order valence-corrected chi connectivity index (χ4v) is 6.21. The van der Waals surface area contributed by atoms with Gasteiger partial charge in [0.15, 0.2) is 5.96 Å². The van der Waals surface area contributed by atoms with Crippen LogP contribution in [0.5, 0.6) is 0 Å². The summed E-state index contributed by atoms with van der Waals surface area (Å²) in [6.07, 6.45) is 4.24. The first-order valence-electron chi connectivity index (χ1n) is 14.1. The maximum absolute atomic E-state index is 14.4. The van der Waals surface area contributed by atoms with Crippen LogP contribution >= 0.6 is 0 Å². The lowest BCUT2D eigenvalue weighted by atomic mass is 9.92. The second-order valence-corrected chi connectivity index (χ2v) is 11.6. The monoisotopic (exact) mass is 556 g/mol. The molecule has 40 heavy (non-hydrogen) atoms. The van der Waals surface area contributed by atoms with E-state index < -0.39 is 5.54 Å². The van der Waals surface area contributed by atoms with Crippen LogP contribution in [0.15, 0.2) is 41.0 Å². The van der Waals surface area contributed by atoms with Crippen molar-refractivity contribution >= 4 is 17.9 Å². The molecule has 12 heteroatoms. The first-order valence-corrected chi connectivity index (χ1v) is 14.1. The first-order chi connectivity index (χ1) is 19.2. The van der Waals surface area contributed by atoms with Crippen molar-refractivity contribution in [3.63, 3.8) is 0 Å². The predicted octanol–water partition coefficient (Wildman–Crippen LogP) is 1.05. The second kappa shape index (κ2) is 12.1. The number of carbonyl (C=O) groups is 2. The van der Waals surface area contributed by atoms with Gasteiger partial charge in [0.25, 0.3) is 0 Å². The highest BCUT2D eigenvalue weighted by Gasteiger charge is 2.47. The molecule has 3 unspecified atom stereocenters. The normalized spacial score (nSPS) is 26.7. The van der Waals surface area contributed by atoms with E-state index in [2.05, 4.69) is 31.8 Å². The molecule has 3 fully saturated rings. The number of benzene rings is 1. The molecule has 0 aromatic heterocycles.